The van der Waals surface area contributed by atoms with Gasteiger partial charge in [0.2, 0.25) is 0 Å². The van der Waals surface area contributed by atoms with Crippen molar-refractivity contribution >= 4 is 22.4 Å². The summed E-state index contributed by atoms with van der Waals surface area (Å²) < 4.78 is 16.0. The monoisotopic (exact) mass is 412 g/mol. The molecular formula is C22H24N2O4S. The maximum Gasteiger partial charge on any atom is 0.266 e. The lowest BCUT2D eigenvalue weighted by atomic mass is 10.2. The highest BCUT2D eigenvalue weighted by Gasteiger charge is 2.20. The molecule has 0 radical (unpaired) electrons. The Bertz CT molecular complexity index is 940. The Labute approximate surface area is 174 Å². The highest BCUT2D eigenvalue weighted by molar-refractivity contribution is 7.14. The summed E-state index contributed by atoms with van der Waals surface area (Å²) in [6, 6.07) is 15.3. The van der Waals surface area contributed by atoms with E-state index in [4.69, 9.17) is 14.2 Å². The van der Waals surface area contributed by atoms with E-state index >= 15 is 0 Å². The van der Waals surface area contributed by atoms with Crippen LogP contribution in [0.15, 0.2) is 53.9 Å². The summed E-state index contributed by atoms with van der Waals surface area (Å²) in [6.07, 6.45) is 0. The summed E-state index contributed by atoms with van der Waals surface area (Å²) in [5.41, 5.74) is 2.85. The first-order chi connectivity index (χ1) is 14.1. The third kappa shape index (κ3) is 5.56. The smallest absolute Gasteiger partial charge is 0.266 e. The van der Waals surface area contributed by atoms with Gasteiger partial charge in [0.15, 0.2) is 11.7 Å². The van der Waals surface area contributed by atoms with Gasteiger partial charge in [0.25, 0.3) is 5.91 Å². The van der Waals surface area contributed by atoms with Crippen LogP contribution in [0.2, 0.25) is 0 Å². The molecule has 0 saturated carbocycles. The van der Waals surface area contributed by atoms with Crippen molar-refractivity contribution in [3.05, 3.63) is 59.5 Å². The number of hydrogen-bond acceptors (Lipinski definition) is 6. The molecular weight excluding hydrogens is 388 g/mol. The molecule has 29 heavy (non-hydrogen) atoms. The summed E-state index contributed by atoms with van der Waals surface area (Å²) in [4.78, 5) is 19.1. The Morgan fingerprint density at radius 3 is 2.59 bits per heavy atom. The molecule has 0 saturated heterocycles. The lowest BCUT2D eigenvalue weighted by Gasteiger charge is -2.19. The zero-order valence-corrected chi connectivity index (χ0v) is 17.6. The van der Waals surface area contributed by atoms with Crippen molar-refractivity contribution in [2.75, 3.05) is 38.9 Å². The average Bonchev–Trinajstić information content (AvgIpc) is 3.22. The molecule has 0 unspecified atom stereocenters. The van der Waals surface area contributed by atoms with Gasteiger partial charge in [-0.2, -0.15) is 0 Å². The summed E-state index contributed by atoms with van der Waals surface area (Å²) >= 11 is 1.42. The first-order valence-electron chi connectivity index (χ1n) is 9.19. The summed E-state index contributed by atoms with van der Waals surface area (Å²) in [6.45, 7) is 2.73. The second-order valence-corrected chi connectivity index (χ2v) is 7.22. The number of methoxy groups -OCH3 is 2. The minimum Gasteiger partial charge on any atom is -0.497 e. The zero-order chi connectivity index (χ0) is 20.6. The van der Waals surface area contributed by atoms with Gasteiger partial charge in [0, 0.05) is 18.1 Å². The maximum atomic E-state index is 12.8. The van der Waals surface area contributed by atoms with Gasteiger partial charge in [-0.15, -0.1) is 11.3 Å². The van der Waals surface area contributed by atoms with Crippen LogP contribution in [-0.2, 0) is 9.53 Å². The lowest BCUT2D eigenvalue weighted by molar-refractivity contribution is -0.120. The Kier molecular flexibility index (Phi) is 7.21. The molecule has 1 amide bonds. The molecule has 7 heteroatoms. The van der Waals surface area contributed by atoms with E-state index in [9.17, 15) is 4.79 Å². The lowest BCUT2D eigenvalue weighted by Crippen LogP contribution is -2.37. The topological polar surface area (TPSA) is 60.9 Å². The molecule has 0 aliphatic carbocycles. The van der Waals surface area contributed by atoms with Crippen LogP contribution in [0.5, 0.6) is 11.5 Å². The second-order valence-electron chi connectivity index (χ2n) is 6.39. The van der Waals surface area contributed by atoms with Crippen molar-refractivity contribution in [3.8, 4) is 22.8 Å². The Morgan fingerprint density at radius 2 is 1.90 bits per heavy atom. The number of carbonyl (C=O) groups excluding carboxylic acids is 1. The molecule has 0 spiro atoms. The number of rotatable bonds is 9. The number of amides is 1. The second kappa shape index (κ2) is 10.0. The van der Waals surface area contributed by atoms with E-state index in [0.29, 0.717) is 24.0 Å². The molecule has 152 valence electrons. The number of aromatic nitrogens is 1. The first-order valence-corrected chi connectivity index (χ1v) is 10.1. The number of hydrogen-bond donors (Lipinski definition) is 0. The molecule has 3 aromatic rings. The maximum absolute atomic E-state index is 12.8. The number of benzene rings is 2. The van der Waals surface area contributed by atoms with Gasteiger partial charge in [-0.1, -0.05) is 12.1 Å². The Morgan fingerprint density at radius 1 is 1.10 bits per heavy atom. The largest absolute Gasteiger partial charge is 0.497 e. The van der Waals surface area contributed by atoms with Crippen molar-refractivity contribution in [1.29, 1.82) is 0 Å². The van der Waals surface area contributed by atoms with Gasteiger partial charge in [0.1, 0.15) is 11.5 Å². The van der Waals surface area contributed by atoms with E-state index in [-0.39, 0.29) is 12.5 Å². The molecule has 0 fully saturated rings. The molecule has 0 atom stereocenters. The number of anilines is 1. The zero-order valence-electron chi connectivity index (χ0n) is 16.8. The quantitative estimate of drug-likeness (QED) is 0.528. The minimum atomic E-state index is -0.167. The van der Waals surface area contributed by atoms with Crippen LogP contribution >= 0.6 is 11.3 Å². The van der Waals surface area contributed by atoms with Crippen molar-refractivity contribution < 1.29 is 19.0 Å². The van der Waals surface area contributed by atoms with Gasteiger partial charge in [-0.25, -0.2) is 4.98 Å². The van der Waals surface area contributed by atoms with Crippen LogP contribution in [0.1, 0.15) is 5.56 Å². The molecule has 3 rings (SSSR count). The van der Waals surface area contributed by atoms with Crippen molar-refractivity contribution in [2.45, 2.75) is 6.92 Å². The fourth-order valence-corrected chi connectivity index (χ4v) is 3.60. The molecule has 1 heterocycles. The SMILES string of the molecule is COCCN(C(=O)COc1cccc(C)c1)c1nc(-c2ccc(OC)cc2)cs1. The molecule has 1 aromatic heterocycles. The summed E-state index contributed by atoms with van der Waals surface area (Å²) in [7, 11) is 3.24. The number of nitrogens with zero attached hydrogens (tertiary/aromatic N) is 2. The van der Waals surface area contributed by atoms with E-state index in [0.717, 1.165) is 22.6 Å². The van der Waals surface area contributed by atoms with Crippen molar-refractivity contribution in [3.63, 3.8) is 0 Å². The van der Waals surface area contributed by atoms with Crippen LogP contribution in [0.25, 0.3) is 11.3 Å². The van der Waals surface area contributed by atoms with Gasteiger partial charge >= 0.3 is 0 Å². The predicted octanol–water partition coefficient (Wildman–Crippen LogP) is 4.19. The highest BCUT2D eigenvalue weighted by atomic mass is 32.1. The number of carbonyl (C=O) groups is 1. The van der Waals surface area contributed by atoms with Gasteiger partial charge in [-0.05, 0) is 48.9 Å². The predicted molar refractivity (Wildman–Crippen MR) is 115 cm³/mol. The van der Waals surface area contributed by atoms with Crippen LogP contribution in [0.4, 0.5) is 5.13 Å². The fraction of sp³-hybridized carbons (Fsp3) is 0.273. The van der Waals surface area contributed by atoms with Crippen LogP contribution in [0.3, 0.4) is 0 Å². The van der Waals surface area contributed by atoms with E-state index in [1.807, 2.05) is 60.8 Å². The number of aryl methyl sites for hydroxylation is 1. The van der Waals surface area contributed by atoms with Gasteiger partial charge in [0.05, 0.1) is 26.0 Å². The van der Waals surface area contributed by atoms with E-state index < -0.39 is 0 Å². The first kappa shape index (κ1) is 20.8. The van der Waals surface area contributed by atoms with Crippen LogP contribution in [-0.4, -0.2) is 44.9 Å². The highest BCUT2D eigenvalue weighted by Crippen LogP contribution is 2.29. The third-order valence-electron chi connectivity index (χ3n) is 4.28. The molecule has 0 bridgehead atoms. The molecule has 6 nitrogen and oxygen atoms in total. The van der Waals surface area contributed by atoms with Gasteiger partial charge < -0.3 is 14.2 Å². The van der Waals surface area contributed by atoms with Crippen molar-refractivity contribution in [1.82, 2.24) is 4.98 Å². The van der Waals surface area contributed by atoms with Gasteiger partial charge in [-0.3, -0.25) is 9.69 Å². The standard InChI is InChI=1S/C22H24N2O4S/c1-16-5-4-6-19(13-16)28-14-21(25)24(11-12-26-2)22-23-20(15-29-22)17-7-9-18(27-3)10-8-17/h4-10,13,15H,11-12,14H2,1-3H3. The average molecular weight is 413 g/mol. The van der Waals surface area contributed by atoms with E-state index in [1.165, 1.54) is 11.3 Å². The van der Waals surface area contributed by atoms with Crippen molar-refractivity contribution in [2.24, 2.45) is 0 Å². The molecule has 0 aliphatic rings. The Balaban J connectivity index is 1.73. The van der Waals surface area contributed by atoms with Crippen LogP contribution < -0.4 is 14.4 Å². The number of thiazole rings is 1. The Hall–Kier alpha value is -2.90. The summed E-state index contributed by atoms with van der Waals surface area (Å²) in [5.74, 6) is 1.29. The third-order valence-corrected chi connectivity index (χ3v) is 5.14. The molecule has 0 N–H and O–H groups in total. The van der Waals surface area contributed by atoms with Crippen LogP contribution in [0, 0.1) is 6.92 Å². The normalized spacial score (nSPS) is 10.6. The van der Waals surface area contributed by atoms with E-state index in [2.05, 4.69) is 4.98 Å². The molecule has 0 aliphatic heterocycles. The van der Waals surface area contributed by atoms with E-state index in [1.54, 1.807) is 19.1 Å². The fourth-order valence-electron chi connectivity index (χ4n) is 2.72. The molecule has 2 aromatic carbocycles. The minimum absolute atomic E-state index is 0.0649. The summed E-state index contributed by atoms with van der Waals surface area (Å²) in [5, 5.41) is 2.55. The number of ether oxygens (including phenoxy) is 3.